The summed E-state index contributed by atoms with van der Waals surface area (Å²) < 4.78 is 0. The fourth-order valence-electron chi connectivity index (χ4n) is 4.00. The first-order chi connectivity index (χ1) is 13.5. The smallest absolute Gasteiger partial charge is 0.227 e. The van der Waals surface area contributed by atoms with Gasteiger partial charge in [-0.3, -0.25) is 14.6 Å². The van der Waals surface area contributed by atoms with E-state index in [2.05, 4.69) is 29.2 Å². The van der Waals surface area contributed by atoms with Crippen LogP contribution in [-0.2, 0) is 16.0 Å². The summed E-state index contributed by atoms with van der Waals surface area (Å²) in [5.74, 6) is 0.0462. The zero-order valence-corrected chi connectivity index (χ0v) is 17.0. The Bertz CT molecular complexity index is 804. The highest BCUT2D eigenvalue weighted by atomic mass is 16.2. The Kier molecular flexibility index (Phi) is 6.45. The molecule has 28 heavy (non-hydrogen) atoms. The van der Waals surface area contributed by atoms with E-state index in [0.29, 0.717) is 25.9 Å². The van der Waals surface area contributed by atoms with Crippen LogP contribution in [0.25, 0.3) is 0 Å². The number of nitrogens with zero attached hydrogens (tertiary/aromatic N) is 3. The Morgan fingerprint density at radius 1 is 1.18 bits per heavy atom. The van der Waals surface area contributed by atoms with Gasteiger partial charge < -0.3 is 9.80 Å². The number of benzene rings is 1. The molecule has 1 fully saturated rings. The number of likely N-dealkylation sites (N-methyl/N-ethyl adjacent to an activating group) is 1. The van der Waals surface area contributed by atoms with Gasteiger partial charge in [-0.25, -0.2) is 0 Å². The first-order valence-electron chi connectivity index (χ1n) is 10.0. The average Bonchev–Trinajstić information content (AvgIpc) is 2.72. The lowest BCUT2D eigenvalue weighted by molar-refractivity contribution is -0.147. The highest BCUT2D eigenvalue weighted by Gasteiger charge is 2.40. The highest BCUT2D eigenvalue weighted by Crippen LogP contribution is 2.37. The molecule has 0 aliphatic carbocycles. The number of carbonyl (C=O) groups excluding carboxylic acids is 2. The molecule has 3 rings (SSSR count). The van der Waals surface area contributed by atoms with Crippen LogP contribution in [0.15, 0.2) is 48.8 Å². The van der Waals surface area contributed by atoms with Crippen molar-refractivity contribution in [2.45, 2.75) is 39.2 Å². The van der Waals surface area contributed by atoms with Crippen molar-refractivity contribution in [3.63, 3.8) is 0 Å². The van der Waals surface area contributed by atoms with Crippen LogP contribution in [0, 0.1) is 12.8 Å². The van der Waals surface area contributed by atoms with Crippen LogP contribution in [0.2, 0.25) is 0 Å². The Labute approximate surface area is 167 Å². The fourth-order valence-corrected chi connectivity index (χ4v) is 4.00. The molecule has 0 saturated carbocycles. The minimum Gasteiger partial charge on any atom is -0.345 e. The fraction of sp³-hybridized carbons (Fsp3) is 0.435. The molecule has 5 heteroatoms. The van der Waals surface area contributed by atoms with Crippen LogP contribution in [-0.4, -0.2) is 46.7 Å². The molecule has 2 amide bonds. The number of aromatic nitrogens is 1. The first-order valence-corrected chi connectivity index (χ1v) is 10.0. The second-order valence-corrected chi connectivity index (χ2v) is 7.55. The molecule has 1 saturated heterocycles. The van der Waals surface area contributed by atoms with Crippen molar-refractivity contribution in [1.82, 2.24) is 14.8 Å². The maximum Gasteiger partial charge on any atom is 0.227 e. The van der Waals surface area contributed by atoms with Gasteiger partial charge >= 0.3 is 0 Å². The van der Waals surface area contributed by atoms with Gasteiger partial charge in [0.1, 0.15) is 0 Å². The lowest BCUT2D eigenvalue weighted by atomic mass is 9.83. The maximum atomic E-state index is 13.3. The first kappa shape index (κ1) is 20.1. The molecule has 2 atom stereocenters. The standard InChI is InChI=1S/C23H29N3O2/c1-4-26-21(27)10-9-20(22(26)19-7-5-17(2)6-8-19)23(28)25(3)16-13-18-11-14-24-15-12-18/h5-8,11-12,14-15,20,22H,4,9-10,13,16H2,1-3H3/t20-,22+/m1/s1. The van der Waals surface area contributed by atoms with Crippen LogP contribution in [0.3, 0.4) is 0 Å². The summed E-state index contributed by atoms with van der Waals surface area (Å²) in [6, 6.07) is 12.0. The highest BCUT2D eigenvalue weighted by molar-refractivity contribution is 5.85. The van der Waals surface area contributed by atoms with Crippen molar-refractivity contribution in [1.29, 1.82) is 0 Å². The molecule has 0 N–H and O–H groups in total. The van der Waals surface area contributed by atoms with E-state index in [0.717, 1.165) is 12.0 Å². The van der Waals surface area contributed by atoms with Gasteiger partial charge in [-0.05, 0) is 49.9 Å². The SMILES string of the molecule is CCN1C(=O)CC[C@@H](C(=O)N(C)CCc2ccncc2)[C@@H]1c1ccc(C)cc1. The molecule has 1 aromatic carbocycles. The molecule has 2 heterocycles. The topological polar surface area (TPSA) is 53.5 Å². The zero-order chi connectivity index (χ0) is 20.1. The molecule has 0 radical (unpaired) electrons. The predicted molar refractivity (Wildman–Crippen MR) is 110 cm³/mol. The molecule has 1 aliphatic heterocycles. The number of rotatable bonds is 6. The molecule has 0 spiro atoms. The van der Waals surface area contributed by atoms with Crippen molar-refractivity contribution in [3.05, 3.63) is 65.5 Å². The molecule has 1 aliphatic rings. The Hall–Kier alpha value is -2.69. The van der Waals surface area contributed by atoms with Crippen LogP contribution in [0.1, 0.15) is 42.5 Å². The number of hydrogen-bond acceptors (Lipinski definition) is 3. The van der Waals surface area contributed by atoms with Crippen molar-refractivity contribution in [2.24, 2.45) is 5.92 Å². The molecule has 2 aromatic rings. The Morgan fingerprint density at radius 3 is 2.50 bits per heavy atom. The second kappa shape index (κ2) is 9.00. The van der Waals surface area contributed by atoms with Gasteiger partial charge in [0.25, 0.3) is 0 Å². The second-order valence-electron chi connectivity index (χ2n) is 7.55. The third kappa shape index (κ3) is 4.41. The van der Waals surface area contributed by atoms with E-state index < -0.39 is 0 Å². The Morgan fingerprint density at radius 2 is 1.86 bits per heavy atom. The third-order valence-corrected chi connectivity index (χ3v) is 5.64. The molecule has 148 valence electrons. The molecular weight excluding hydrogens is 350 g/mol. The number of piperidine rings is 1. The number of pyridine rings is 1. The van der Waals surface area contributed by atoms with E-state index >= 15 is 0 Å². The van der Waals surface area contributed by atoms with E-state index in [1.807, 2.05) is 42.8 Å². The van der Waals surface area contributed by atoms with Crippen LogP contribution in [0.4, 0.5) is 0 Å². The number of carbonyl (C=O) groups is 2. The van der Waals surface area contributed by atoms with Crippen molar-refractivity contribution < 1.29 is 9.59 Å². The van der Waals surface area contributed by atoms with Crippen LogP contribution < -0.4 is 0 Å². The molecule has 0 unspecified atom stereocenters. The van der Waals surface area contributed by atoms with Gasteiger partial charge in [-0.15, -0.1) is 0 Å². The van der Waals surface area contributed by atoms with E-state index in [4.69, 9.17) is 0 Å². The number of amides is 2. The maximum absolute atomic E-state index is 13.3. The van der Waals surface area contributed by atoms with Crippen molar-refractivity contribution in [3.8, 4) is 0 Å². The van der Waals surface area contributed by atoms with Gasteiger partial charge in [-0.1, -0.05) is 29.8 Å². The largest absolute Gasteiger partial charge is 0.345 e. The minimum absolute atomic E-state index is 0.116. The van der Waals surface area contributed by atoms with Gasteiger partial charge in [0.2, 0.25) is 11.8 Å². The molecule has 0 bridgehead atoms. The lowest BCUT2D eigenvalue weighted by Gasteiger charge is -2.41. The molecule has 5 nitrogen and oxygen atoms in total. The average molecular weight is 380 g/mol. The summed E-state index contributed by atoms with van der Waals surface area (Å²) in [4.78, 5) is 33.6. The molecular formula is C23H29N3O2. The van der Waals surface area contributed by atoms with Crippen LogP contribution in [0.5, 0.6) is 0 Å². The third-order valence-electron chi connectivity index (χ3n) is 5.64. The summed E-state index contributed by atoms with van der Waals surface area (Å²) in [6.45, 7) is 5.30. The molecule has 1 aromatic heterocycles. The summed E-state index contributed by atoms with van der Waals surface area (Å²) in [7, 11) is 1.86. The van der Waals surface area contributed by atoms with Crippen molar-refractivity contribution in [2.75, 3.05) is 20.1 Å². The van der Waals surface area contributed by atoms with Crippen molar-refractivity contribution >= 4 is 11.8 Å². The van der Waals surface area contributed by atoms with Gasteiger partial charge in [0, 0.05) is 39.0 Å². The quantitative estimate of drug-likeness (QED) is 0.773. The predicted octanol–water partition coefficient (Wildman–Crippen LogP) is 3.39. The number of likely N-dealkylation sites (tertiary alicyclic amines) is 1. The van der Waals surface area contributed by atoms with Gasteiger partial charge in [-0.2, -0.15) is 0 Å². The van der Waals surface area contributed by atoms with Crippen LogP contribution >= 0.6 is 0 Å². The normalized spacial score (nSPS) is 19.5. The monoisotopic (exact) mass is 379 g/mol. The summed E-state index contributed by atoms with van der Waals surface area (Å²) in [6.07, 6.45) is 5.38. The minimum atomic E-state index is -0.206. The Balaban J connectivity index is 1.79. The van der Waals surface area contributed by atoms with E-state index in [1.54, 1.807) is 12.4 Å². The van der Waals surface area contributed by atoms with Gasteiger partial charge in [0.05, 0.1) is 12.0 Å². The lowest BCUT2D eigenvalue weighted by Crippen LogP contribution is -2.48. The summed E-state index contributed by atoms with van der Waals surface area (Å²) >= 11 is 0. The van der Waals surface area contributed by atoms with E-state index in [1.165, 1.54) is 11.1 Å². The summed E-state index contributed by atoms with van der Waals surface area (Å²) in [5.41, 5.74) is 3.38. The summed E-state index contributed by atoms with van der Waals surface area (Å²) in [5, 5.41) is 0. The van der Waals surface area contributed by atoms with Gasteiger partial charge in [0.15, 0.2) is 0 Å². The number of aryl methyl sites for hydroxylation is 1. The zero-order valence-electron chi connectivity index (χ0n) is 17.0. The number of hydrogen-bond donors (Lipinski definition) is 0. The van der Waals surface area contributed by atoms with E-state index in [9.17, 15) is 9.59 Å². The van der Waals surface area contributed by atoms with E-state index in [-0.39, 0.29) is 23.8 Å².